The average molecular weight is 234 g/mol. The van der Waals surface area contributed by atoms with Crippen LogP contribution in [0.2, 0.25) is 0 Å². The predicted molar refractivity (Wildman–Crippen MR) is 69.1 cm³/mol. The summed E-state index contributed by atoms with van der Waals surface area (Å²) in [7, 11) is 0. The number of aliphatic hydroxyl groups is 1. The van der Waals surface area contributed by atoms with Gasteiger partial charge in [0.2, 0.25) is 0 Å². The fourth-order valence-electron chi connectivity index (χ4n) is 2.41. The highest BCUT2D eigenvalue weighted by Gasteiger charge is 2.49. The minimum atomic E-state index is -0.274. The molecule has 1 aliphatic rings. The second-order valence-corrected chi connectivity index (χ2v) is 5.25. The summed E-state index contributed by atoms with van der Waals surface area (Å²) in [6.07, 6.45) is 2.89. The van der Waals surface area contributed by atoms with Crippen molar-refractivity contribution in [1.82, 2.24) is 0 Å². The average Bonchev–Trinajstić information content (AvgIpc) is 3.11. The molecule has 94 valence electrons. The van der Waals surface area contributed by atoms with Crippen LogP contribution in [-0.4, -0.2) is 23.9 Å². The molecule has 1 aliphatic carbocycles. The van der Waals surface area contributed by atoms with E-state index in [-0.39, 0.29) is 17.6 Å². The van der Waals surface area contributed by atoms with Crippen LogP contribution in [0, 0.1) is 0 Å². The largest absolute Gasteiger partial charge is 0.392 e. The van der Waals surface area contributed by atoms with Crippen molar-refractivity contribution in [3.63, 3.8) is 0 Å². The van der Waals surface area contributed by atoms with Crippen molar-refractivity contribution in [2.75, 3.05) is 6.61 Å². The zero-order valence-corrected chi connectivity index (χ0v) is 10.7. The zero-order chi connectivity index (χ0) is 12.3. The van der Waals surface area contributed by atoms with Gasteiger partial charge in [-0.15, -0.1) is 0 Å². The van der Waals surface area contributed by atoms with Crippen molar-refractivity contribution in [1.29, 1.82) is 0 Å². The van der Waals surface area contributed by atoms with Gasteiger partial charge in [-0.1, -0.05) is 30.3 Å². The predicted octanol–water partition coefficient (Wildman–Crippen LogP) is 2.89. The van der Waals surface area contributed by atoms with Crippen molar-refractivity contribution in [2.45, 2.75) is 50.7 Å². The molecule has 0 aromatic heterocycles. The normalized spacial score (nSPS) is 19.3. The Hall–Kier alpha value is -0.860. The third-order valence-electron chi connectivity index (χ3n) is 3.62. The molecular weight excluding hydrogens is 212 g/mol. The van der Waals surface area contributed by atoms with Gasteiger partial charge >= 0.3 is 0 Å². The van der Waals surface area contributed by atoms with E-state index in [4.69, 9.17) is 4.74 Å². The molecule has 1 atom stereocenters. The standard InChI is InChI=1S/C15H22O2/c1-12(2)17-11-8-14(16)15(9-10-15)13-6-4-3-5-7-13/h3-7,12,14,16H,8-11H2,1-2H3. The smallest absolute Gasteiger partial charge is 0.0658 e. The molecule has 1 saturated carbocycles. The van der Waals surface area contributed by atoms with Gasteiger partial charge in [0.15, 0.2) is 0 Å². The first kappa shape index (κ1) is 12.6. The molecule has 0 radical (unpaired) electrons. The maximum Gasteiger partial charge on any atom is 0.0658 e. The van der Waals surface area contributed by atoms with Gasteiger partial charge in [-0.3, -0.25) is 0 Å². The summed E-state index contributed by atoms with van der Waals surface area (Å²) in [5, 5.41) is 10.3. The van der Waals surface area contributed by atoms with E-state index in [0.29, 0.717) is 6.61 Å². The highest BCUT2D eigenvalue weighted by atomic mass is 16.5. The lowest BCUT2D eigenvalue weighted by Crippen LogP contribution is -2.27. The molecule has 0 spiro atoms. The molecule has 0 saturated heterocycles. The summed E-state index contributed by atoms with van der Waals surface area (Å²) in [5.41, 5.74) is 1.29. The fourth-order valence-corrected chi connectivity index (χ4v) is 2.41. The third kappa shape index (κ3) is 2.88. The van der Waals surface area contributed by atoms with Gasteiger partial charge in [0.05, 0.1) is 12.2 Å². The molecule has 0 amide bonds. The van der Waals surface area contributed by atoms with E-state index in [1.807, 2.05) is 32.0 Å². The SMILES string of the molecule is CC(C)OCCC(O)C1(c2ccccc2)CC1. The summed E-state index contributed by atoms with van der Waals surface area (Å²) in [6, 6.07) is 10.4. The molecule has 0 aliphatic heterocycles. The number of rotatable bonds is 6. The fraction of sp³-hybridized carbons (Fsp3) is 0.600. The van der Waals surface area contributed by atoms with Gasteiger partial charge < -0.3 is 9.84 Å². The van der Waals surface area contributed by atoms with Gasteiger partial charge in [-0.2, -0.15) is 0 Å². The molecule has 0 heterocycles. The summed E-state index contributed by atoms with van der Waals surface area (Å²) < 4.78 is 5.51. The first-order valence-electron chi connectivity index (χ1n) is 6.50. The van der Waals surface area contributed by atoms with Gasteiger partial charge in [0, 0.05) is 12.0 Å². The Morgan fingerprint density at radius 1 is 1.24 bits per heavy atom. The Balaban J connectivity index is 1.93. The van der Waals surface area contributed by atoms with E-state index in [0.717, 1.165) is 19.3 Å². The molecule has 1 fully saturated rings. The van der Waals surface area contributed by atoms with Crippen LogP contribution in [0.15, 0.2) is 30.3 Å². The number of benzene rings is 1. The Morgan fingerprint density at radius 3 is 2.41 bits per heavy atom. The van der Waals surface area contributed by atoms with Gasteiger partial charge in [0.1, 0.15) is 0 Å². The maximum atomic E-state index is 10.3. The van der Waals surface area contributed by atoms with Gasteiger partial charge in [0.25, 0.3) is 0 Å². The lowest BCUT2D eigenvalue weighted by Gasteiger charge is -2.23. The zero-order valence-electron chi connectivity index (χ0n) is 10.7. The van der Waals surface area contributed by atoms with Crippen LogP contribution >= 0.6 is 0 Å². The Bertz CT molecular complexity index is 341. The van der Waals surface area contributed by atoms with Gasteiger partial charge in [-0.25, -0.2) is 0 Å². The molecular formula is C15H22O2. The maximum absolute atomic E-state index is 10.3. The van der Waals surface area contributed by atoms with E-state index in [2.05, 4.69) is 12.1 Å². The van der Waals surface area contributed by atoms with Crippen LogP contribution < -0.4 is 0 Å². The molecule has 2 heteroatoms. The van der Waals surface area contributed by atoms with E-state index in [1.165, 1.54) is 5.56 Å². The summed E-state index contributed by atoms with van der Waals surface area (Å²) in [6.45, 7) is 4.69. The van der Waals surface area contributed by atoms with Crippen LogP contribution in [0.1, 0.15) is 38.7 Å². The van der Waals surface area contributed by atoms with Crippen LogP contribution in [-0.2, 0) is 10.2 Å². The molecule has 2 nitrogen and oxygen atoms in total. The Kier molecular flexibility index (Phi) is 3.85. The van der Waals surface area contributed by atoms with Crippen LogP contribution in [0.25, 0.3) is 0 Å². The topological polar surface area (TPSA) is 29.5 Å². The van der Waals surface area contributed by atoms with E-state index in [1.54, 1.807) is 0 Å². The Morgan fingerprint density at radius 2 is 1.88 bits per heavy atom. The molecule has 1 unspecified atom stereocenters. The van der Waals surface area contributed by atoms with Crippen LogP contribution in [0.4, 0.5) is 0 Å². The molecule has 17 heavy (non-hydrogen) atoms. The van der Waals surface area contributed by atoms with E-state index < -0.39 is 0 Å². The van der Waals surface area contributed by atoms with Gasteiger partial charge in [-0.05, 0) is 38.7 Å². The summed E-state index contributed by atoms with van der Waals surface area (Å²) in [4.78, 5) is 0. The first-order chi connectivity index (χ1) is 8.15. The molecule has 1 aromatic carbocycles. The second kappa shape index (κ2) is 5.19. The van der Waals surface area contributed by atoms with E-state index >= 15 is 0 Å². The second-order valence-electron chi connectivity index (χ2n) is 5.25. The monoisotopic (exact) mass is 234 g/mol. The third-order valence-corrected chi connectivity index (χ3v) is 3.62. The number of aliphatic hydroxyl groups excluding tert-OH is 1. The molecule has 0 bridgehead atoms. The van der Waals surface area contributed by atoms with Crippen molar-refractivity contribution in [3.8, 4) is 0 Å². The van der Waals surface area contributed by atoms with Crippen LogP contribution in [0.3, 0.4) is 0 Å². The first-order valence-corrected chi connectivity index (χ1v) is 6.50. The molecule has 1 aromatic rings. The lowest BCUT2D eigenvalue weighted by molar-refractivity contribution is 0.0351. The lowest BCUT2D eigenvalue weighted by atomic mass is 9.88. The minimum absolute atomic E-state index is 0.0155. The molecule has 1 N–H and O–H groups in total. The summed E-state index contributed by atoms with van der Waals surface area (Å²) in [5.74, 6) is 0. The van der Waals surface area contributed by atoms with Crippen molar-refractivity contribution in [2.24, 2.45) is 0 Å². The summed E-state index contributed by atoms with van der Waals surface area (Å²) >= 11 is 0. The van der Waals surface area contributed by atoms with Crippen molar-refractivity contribution in [3.05, 3.63) is 35.9 Å². The quantitative estimate of drug-likeness (QED) is 0.820. The molecule has 2 rings (SSSR count). The van der Waals surface area contributed by atoms with E-state index in [9.17, 15) is 5.11 Å². The number of hydrogen-bond acceptors (Lipinski definition) is 2. The number of ether oxygens (including phenoxy) is 1. The van der Waals surface area contributed by atoms with Crippen molar-refractivity contribution >= 4 is 0 Å². The Labute approximate surface area is 104 Å². The minimum Gasteiger partial charge on any atom is -0.392 e. The van der Waals surface area contributed by atoms with Crippen LogP contribution in [0.5, 0.6) is 0 Å². The number of hydrogen-bond donors (Lipinski definition) is 1. The highest BCUT2D eigenvalue weighted by Crippen LogP contribution is 2.51. The van der Waals surface area contributed by atoms with Crippen molar-refractivity contribution < 1.29 is 9.84 Å². The highest BCUT2D eigenvalue weighted by molar-refractivity contribution is 5.32.